The Kier molecular flexibility index (Phi) is 3.01. The summed E-state index contributed by atoms with van der Waals surface area (Å²) >= 11 is 0. The van der Waals surface area contributed by atoms with E-state index in [1.54, 1.807) is 0 Å². The van der Waals surface area contributed by atoms with Gasteiger partial charge in [0.05, 0.1) is 11.6 Å². The third-order valence-electron chi connectivity index (χ3n) is 3.50. The summed E-state index contributed by atoms with van der Waals surface area (Å²) in [5, 5.41) is 2.96. The third-order valence-corrected chi connectivity index (χ3v) is 3.50. The average Bonchev–Trinajstić information content (AvgIpc) is 2.27. The molecule has 16 heavy (non-hydrogen) atoms. The van der Waals surface area contributed by atoms with Gasteiger partial charge in [0.25, 0.3) is 5.91 Å². The second-order valence-electron chi connectivity index (χ2n) is 4.68. The average molecular weight is 220 g/mol. The lowest BCUT2D eigenvalue weighted by Crippen LogP contribution is -2.45. The van der Waals surface area contributed by atoms with Crippen molar-refractivity contribution in [2.45, 2.75) is 32.2 Å². The van der Waals surface area contributed by atoms with Gasteiger partial charge in [-0.2, -0.15) is 0 Å². The Morgan fingerprint density at radius 1 is 1.62 bits per heavy atom. The van der Waals surface area contributed by atoms with Gasteiger partial charge in [0, 0.05) is 0 Å². The Morgan fingerprint density at radius 2 is 2.38 bits per heavy atom. The molecule has 1 saturated carbocycles. The minimum atomic E-state index is -0.465. The molecule has 86 valence electrons. The van der Waals surface area contributed by atoms with E-state index < -0.39 is 5.91 Å². The summed E-state index contributed by atoms with van der Waals surface area (Å²) in [4.78, 5) is 11.4. The molecule has 0 spiro atoms. The van der Waals surface area contributed by atoms with E-state index in [1.165, 1.54) is 0 Å². The van der Waals surface area contributed by atoms with Gasteiger partial charge in [0.1, 0.15) is 0 Å². The number of hydrogen-bond donors (Lipinski definition) is 3. The lowest BCUT2D eigenvalue weighted by Gasteiger charge is -2.37. The monoisotopic (exact) mass is 220 g/mol. The predicted molar refractivity (Wildman–Crippen MR) is 58.3 cm³/mol. The zero-order chi connectivity index (χ0) is 11.7. The Labute approximate surface area is 94.3 Å². The van der Waals surface area contributed by atoms with E-state index in [2.05, 4.69) is 23.2 Å². The molecule has 2 rings (SSSR count). The molecule has 0 radical (unpaired) electrons. The summed E-state index contributed by atoms with van der Waals surface area (Å²) < 4.78 is 0. The minimum Gasteiger partial charge on any atom is -0.271 e. The van der Waals surface area contributed by atoms with Gasteiger partial charge in [-0.1, -0.05) is 6.92 Å². The van der Waals surface area contributed by atoms with Gasteiger partial charge in [-0.15, -0.1) is 10.8 Å². The fourth-order valence-electron chi connectivity index (χ4n) is 2.82. The molecule has 0 saturated heterocycles. The molecule has 3 atom stereocenters. The molecule has 0 heterocycles. The lowest BCUT2D eigenvalue weighted by atomic mass is 9.71. The first kappa shape index (κ1) is 11.2. The first-order chi connectivity index (χ1) is 7.65. The highest BCUT2D eigenvalue weighted by Gasteiger charge is 2.34. The van der Waals surface area contributed by atoms with Crippen molar-refractivity contribution < 1.29 is 4.79 Å². The Hall–Kier alpha value is -1.29. The van der Waals surface area contributed by atoms with E-state index >= 15 is 0 Å². The molecule has 2 aliphatic rings. The zero-order valence-corrected chi connectivity index (χ0v) is 9.29. The smallest absolute Gasteiger partial charge is 0.271 e. The quantitative estimate of drug-likeness (QED) is 0.283. The standard InChI is InChI=1S/C11H16N4O/c1-6-2-7-3-8(10(6)14-12)5-9(4-7)11(16)15-13/h6-7,10,13-14H,2-4,12H2,1H3. The van der Waals surface area contributed by atoms with Crippen molar-refractivity contribution >= 4 is 5.91 Å². The van der Waals surface area contributed by atoms with Crippen LogP contribution in [0.3, 0.4) is 0 Å². The van der Waals surface area contributed by atoms with Crippen molar-refractivity contribution in [3.05, 3.63) is 16.9 Å². The molecule has 4 N–H and O–H groups in total. The fraction of sp³-hybridized carbons (Fsp3) is 0.636. The van der Waals surface area contributed by atoms with Crippen LogP contribution in [0.2, 0.25) is 0 Å². The maximum absolute atomic E-state index is 11.4. The molecule has 2 aliphatic carbocycles. The SMILES string of the molecule is CC1CC2CC(C(=O)N=N)=C=C(C2)C1NN. The van der Waals surface area contributed by atoms with Crippen LogP contribution in [0.15, 0.2) is 22.0 Å². The fourth-order valence-corrected chi connectivity index (χ4v) is 2.82. The molecular formula is C11H16N4O. The second kappa shape index (κ2) is 4.29. The van der Waals surface area contributed by atoms with Crippen LogP contribution in [0.5, 0.6) is 0 Å². The van der Waals surface area contributed by atoms with Crippen LogP contribution in [0.4, 0.5) is 0 Å². The third kappa shape index (κ3) is 1.85. The Bertz CT molecular complexity index is 395. The number of hydrazine groups is 1. The predicted octanol–water partition coefficient (Wildman–Crippen LogP) is 1.28. The first-order valence-electron chi connectivity index (χ1n) is 5.52. The molecule has 5 nitrogen and oxygen atoms in total. The van der Waals surface area contributed by atoms with Crippen LogP contribution in [0.25, 0.3) is 0 Å². The summed E-state index contributed by atoms with van der Waals surface area (Å²) in [5.41, 5.74) is 14.2. The number of carbonyl (C=O) groups is 1. The molecule has 3 unspecified atom stereocenters. The molecule has 0 aromatic rings. The number of amides is 1. The molecule has 2 bridgehead atoms. The Balaban J connectivity index is 2.39. The minimum absolute atomic E-state index is 0.102. The van der Waals surface area contributed by atoms with Gasteiger partial charge < -0.3 is 0 Å². The van der Waals surface area contributed by atoms with Crippen molar-refractivity contribution in [2.75, 3.05) is 0 Å². The number of fused-ring (bicyclic) bond motifs is 2. The van der Waals surface area contributed by atoms with E-state index in [0.717, 1.165) is 18.4 Å². The van der Waals surface area contributed by atoms with Crippen LogP contribution in [-0.4, -0.2) is 11.9 Å². The molecule has 1 fully saturated rings. The normalized spacial score (nSPS) is 32.8. The first-order valence-corrected chi connectivity index (χ1v) is 5.52. The summed E-state index contributed by atoms with van der Waals surface area (Å²) in [6, 6.07) is 0.102. The van der Waals surface area contributed by atoms with Gasteiger partial charge >= 0.3 is 0 Å². The van der Waals surface area contributed by atoms with Crippen LogP contribution >= 0.6 is 0 Å². The van der Waals surface area contributed by atoms with Crippen molar-refractivity contribution in [3.63, 3.8) is 0 Å². The van der Waals surface area contributed by atoms with E-state index in [4.69, 9.17) is 11.4 Å². The number of nitrogens with zero attached hydrogens (tertiary/aromatic N) is 1. The molecule has 0 aliphatic heterocycles. The largest absolute Gasteiger partial charge is 0.298 e. The van der Waals surface area contributed by atoms with E-state index in [-0.39, 0.29) is 6.04 Å². The highest BCUT2D eigenvalue weighted by atomic mass is 16.1. The van der Waals surface area contributed by atoms with Crippen LogP contribution in [0.1, 0.15) is 26.2 Å². The van der Waals surface area contributed by atoms with Crippen LogP contribution in [0, 0.1) is 17.4 Å². The van der Waals surface area contributed by atoms with Crippen molar-refractivity contribution in [3.8, 4) is 0 Å². The van der Waals surface area contributed by atoms with E-state index in [9.17, 15) is 4.79 Å². The number of carbonyl (C=O) groups excluding carboxylic acids is 1. The van der Waals surface area contributed by atoms with Gasteiger partial charge in [-0.3, -0.25) is 16.1 Å². The lowest BCUT2D eigenvalue weighted by molar-refractivity contribution is -0.115. The summed E-state index contributed by atoms with van der Waals surface area (Å²) in [7, 11) is 0. The number of nitrogens with one attached hydrogen (secondary N) is 2. The summed E-state index contributed by atoms with van der Waals surface area (Å²) in [6.07, 6.45) is 2.70. The van der Waals surface area contributed by atoms with Crippen LogP contribution in [-0.2, 0) is 4.79 Å². The van der Waals surface area contributed by atoms with Gasteiger partial charge in [-0.05, 0) is 36.7 Å². The van der Waals surface area contributed by atoms with Crippen molar-refractivity contribution in [1.82, 2.24) is 5.43 Å². The van der Waals surface area contributed by atoms with Gasteiger partial charge in [0.15, 0.2) is 0 Å². The zero-order valence-electron chi connectivity index (χ0n) is 9.29. The molecule has 5 heteroatoms. The highest BCUT2D eigenvalue weighted by Crippen LogP contribution is 2.38. The summed E-state index contributed by atoms with van der Waals surface area (Å²) in [6.45, 7) is 2.15. The number of hydrogen-bond acceptors (Lipinski definition) is 4. The summed E-state index contributed by atoms with van der Waals surface area (Å²) in [5.74, 6) is 6.00. The maximum Gasteiger partial charge on any atom is 0.298 e. The van der Waals surface area contributed by atoms with Gasteiger partial charge in [-0.25, -0.2) is 5.53 Å². The van der Waals surface area contributed by atoms with Gasteiger partial charge in [0.2, 0.25) is 0 Å². The maximum atomic E-state index is 11.4. The Morgan fingerprint density at radius 3 is 3.00 bits per heavy atom. The van der Waals surface area contributed by atoms with E-state index in [0.29, 0.717) is 23.8 Å². The highest BCUT2D eigenvalue weighted by molar-refractivity contribution is 5.93. The molecule has 0 aromatic carbocycles. The molecule has 0 aromatic heterocycles. The number of rotatable bonds is 2. The molecular weight excluding hydrogens is 204 g/mol. The number of nitrogens with two attached hydrogens (primary N) is 1. The second-order valence-corrected chi connectivity index (χ2v) is 4.68. The topological polar surface area (TPSA) is 91.3 Å². The van der Waals surface area contributed by atoms with Crippen molar-refractivity contribution in [1.29, 1.82) is 5.53 Å². The van der Waals surface area contributed by atoms with E-state index in [1.807, 2.05) is 0 Å². The molecule has 1 amide bonds. The van der Waals surface area contributed by atoms with Crippen LogP contribution < -0.4 is 11.3 Å². The van der Waals surface area contributed by atoms with Crippen molar-refractivity contribution in [2.24, 2.45) is 22.8 Å².